The first-order chi connectivity index (χ1) is 7.50. The fraction of sp³-hybridized carbons (Fsp3) is 0.500. The van der Waals surface area contributed by atoms with Gasteiger partial charge in [-0.25, -0.2) is 8.78 Å². The Morgan fingerprint density at radius 2 is 2.12 bits per heavy atom. The number of hydrogen-bond acceptors (Lipinski definition) is 1. The van der Waals surface area contributed by atoms with E-state index in [2.05, 4.69) is 0 Å². The molecule has 0 aromatic heterocycles. The van der Waals surface area contributed by atoms with Crippen molar-refractivity contribution in [1.82, 2.24) is 0 Å². The van der Waals surface area contributed by atoms with Crippen molar-refractivity contribution in [3.05, 3.63) is 34.6 Å². The van der Waals surface area contributed by atoms with Crippen molar-refractivity contribution < 1.29 is 8.78 Å². The summed E-state index contributed by atoms with van der Waals surface area (Å²) < 4.78 is 27.2. The van der Waals surface area contributed by atoms with Crippen LogP contribution >= 0.6 is 11.6 Å². The second-order valence-corrected chi connectivity index (χ2v) is 4.42. The Kier molecular flexibility index (Phi) is 4.69. The Morgan fingerprint density at radius 3 is 2.69 bits per heavy atom. The van der Waals surface area contributed by atoms with Crippen LogP contribution in [0, 0.1) is 5.82 Å². The topological polar surface area (TPSA) is 26.0 Å². The van der Waals surface area contributed by atoms with Gasteiger partial charge in [0.15, 0.2) is 0 Å². The summed E-state index contributed by atoms with van der Waals surface area (Å²) >= 11 is 5.89. The third-order valence-electron chi connectivity index (χ3n) is 2.58. The van der Waals surface area contributed by atoms with Gasteiger partial charge in [-0.15, -0.1) is 0 Å². The van der Waals surface area contributed by atoms with Crippen LogP contribution in [0.15, 0.2) is 18.2 Å². The Bertz CT molecular complexity index is 357. The van der Waals surface area contributed by atoms with E-state index in [1.54, 1.807) is 0 Å². The van der Waals surface area contributed by atoms with Gasteiger partial charge in [-0.3, -0.25) is 0 Å². The van der Waals surface area contributed by atoms with Crippen molar-refractivity contribution in [2.24, 2.45) is 5.73 Å². The minimum Gasteiger partial charge on any atom is -0.328 e. The highest BCUT2D eigenvalue weighted by molar-refractivity contribution is 6.31. The van der Waals surface area contributed by atoms with Crippen LogP contribution in [0.25, 0.3) is 0 Å². The summed E-state index contributed by atoms with van der Waals surface area (Å²) in [4.78, 5) is 0. The summed E-state index contributed by atoms with van der Waals surface area (Å²) in [7, 11) is 0. The monoisotopic (exact) mass is 247 g/mol. The normalized spacial score (nSPS) is 14.8. The molecule has 0 amide bonds. The largest absolute Gasteiger partial charge is 0.328 e. The molecule has 0 saturated carbocycles. The van der Waals surface area contributed by atoms with E-state index in [1.807, 2.05) is 6.92 Å². The fourth-order valence-electron chi connectivity index (χ4n) is 1.73. The van der Waals surface area contributed by atoms with Gasteiger partial charge in [0, 0.05) is 18.0 Å². The second kappa shape index (κ2) is 5.60. The van der Waals surface area contributed by atoms with Crippen molar-refractivity contribution in [3.63, 3.8) is 0 Å². The predicted molar refractivity (Wildman–Crippen MR) is 62.9 cm³/mol. The molecule has 2 N–H and O–H groups in total. The van der Waals surface area contributed by atoms with Crippen LogP contribution in [-0.2, 0) is 6.42 Å². The number of benzene rings is 1. The van der Waals surface area contributed by atoms with Crippen LogP contribution in [-0.4, -0.2) is 12.2 Å². The average Bonchev–Trinajstić information content (AvgIpc) is 2.24. The number of alkyl halides is 1. The van der Waals surface area contributed by atoms with Crippen LogP contribution in [0.1, 0.15) is 25.3 Å². The van der Waals surface area contributed by atoms with Gasteiger partial charge < -0.3 is 5.73 Å². The highest BCUT2D eigenvalue weighted by Crippen LogP contribution is 2.27. The highest BCUT2D eigenvalue weighted by Gasteiger charge is 2.28. The maximum Gasteiger partial charge on any atom is 0.127 e. The lowest BCUT2D eigenvalue weighted by molar-refractivity contribution is 0.158. The van der Waals surface area contributed by atoms with Gasteiger partial charge in [-0.05, 0) is 30.2 Å². The van der Waals surface area contributed by atoms with Crippen LogP contribution in [0.3, 0.4) is 0 Å². The number of nitrogens with two attached hydrogens (primary N) is 1. The van der Waals surface area contributed by atoms with Gasteiger partial charge >= 0.3 is 0 Å². The van der Waals surface area contributed by atoms with E-state index in [-0.39, 0.29) is 13.0 Å². The van der Waals surface area contributed by atoms with Crippen molar-refractivity contribution >= 4 is 11.6 Å². The summed E-state index contributed by atoms with van der Waals surface area (Å²) in [5.74, 6) is -0.407. The van der Waals surface area contributed by atoms with E-state index in [9.17, 15) is 8.78 Å². The Morgan fingerprint density at radius 1 is 1.44 bits per heavy atom. The molecule has 0 spiro atoms. The summed E-state index contributed by atoms with van der Waals surface area (Å²) in [5.41, 5.74) is 4.40. The first kappa shape index (κ1) is 13.4. The number of rotatable bonds is 5. The Balaban J connectivity index is 2.89. The molecule has 0 aliphatic carbocycles. The van der Waals surface area contributed by atoms with Crippen molar-refractivity contribution in [3.8, 4) is 0 Å². The lowest BCUT2D eigenvalue weighted by atomic mass is 9.92. The molecule has 0 heterocycles. The summed E-state index contributed by atoms with van der Waals surface area (Å²) in [6, 6.07) is 3.96. The molecule has 1 unspecified atom stereocenters. The van der Waals surface area contributed by atoms with E-state index in [0.29, 0.717) is 23.4 Å². The lowest BCUT2D eigenvalue weighted by Gasteiger charge is -2.23. The quantitative estimate of drug-likeness (QED) is 0.847. The molecule has 1 aromatic rings. The maximum atomic E-state index is 14.2. The first-order valence-electron chi connectivity index (χ1n) is 5.33. The van der Waals surface area contributed by atoms with Gasteiger partial charge in [0.1, 0.15) is 11.5 Å². The van der Waals surface area contributed by atoms with Crippen molar-refractivity contribution in [2.75, 3.05) is 6.54 Å². The molecule has 16 heavy (non-hydrogen) atoms. The summed E-state index contributed by atoms with van der Waals surface area (Å²) in [5, 5.41) is 0.382. The Labute approximate surface area is 99.6 Å². The third kappa shape index (κ3) is 3.42. The molecule has 0 bridgehead atoms. The third-order valence-corrected chi connectivity index (χ3v) is 2.95. The van der Waals surface area contributed by atoms with Crippen LogP contribution in [0.5, 0.6) is 0 Å². The molecule has 0 radical (unpaired) electrons. The second-order valence-electron chi connectivity index (χ2n) is 4.02. The standard InChI is InChI=1S/C12H16ClF2N/c1-2-5-12(15,8-16)7-9-6-10(14)3-4-11(9)13/h3-4,6H,2,5,7-8,16H2,1H3. The van der Waals surface area contributed by atoms with Gasteiger partial charge in [0.25, 0.3) is 0 Å². The smallest absolute Gasteiger partial charge is 0.127 e. The van der Waals surface area contributed by atoms with E-state index in [4.69, 9.17) is 17.3 Å². The molecule has 1 rings (SSSR count). The molecule has 1 aromatic carbocycles. The van der Waals surface area contributed by atoms with E-state index in [0.717, 1.165) is 0 Å². The molecule has 4 heteroatoms. The van der Waals surface area contributed by atoms with Crippen LogP contribution < -0.4 is 5.73 Å². The molecule has 1 atom stereocenters. The minimum absolute atomic E-state index is 0.0634. The average molecular weight is 248 g/mol. The minimum atomic E-state index is -1.49. The van der Waals surface area contributed by atoms with E-state index < -0.39 is 11.5 Å². The molecule has 0 aliphatic heterocycles. The zero-order chi connectivity index (χ0) is 12.2. The number of halogens is 3. The van der Waals surface area contributed by atoms with Gasteiger partial charge in [-0.2, -0.15) is 0 Å². The zero-order valence-corrected chi connectivity index (χ0v) is 10.0. The SMILES string of the molecule is CCCC(F)(CN)Cc1cc(F)ccc1Cl. The molecular weight excluding hydrogens is 232 g/mol. The predicted octanol–water partition coefficient (Wildman–Crippen LogP) is 3.49. The molecule has 1 nitrogen and oxygen atoms in total. The highest BCUT2D eigenvalue weighted by atomic mass is 35.5. The summed E-state index contributed by atoms with van der Waals surface area (Å²) in [6.45, 7) is 1.81. The van der Waals surface area contributed by atoms with E-state index >= 15 is 0 Å². The molecule has 90 valence electrons. The van der Waals surface area contributed by atoms with Gasteiger partial charge in [0.05, 0.1) is 0 Å². The van der Waals surface area contributed by atoms with Crippen LogP contribution in [0.4, 0.5) is 8.78 Å². The van der Waals surface area contributed by atoms with Crippen molar-refractivity contribution in [2.45, 2.75) is 31.9 Å². The van der Waals surface area contributed by atoms with Crippen molar-refractivity contribution in [1.29, 1.82) is 0 Å². The first-order valence-corrected chi connectivity index (χ1v) is 5.71. The molecule has 0 fully saturated rings. The van der Waals surface area contributed by atoms with Crippen LogP contribution in [0.2, 0.25) is 5.02 Å². The molecule has 0 aliphatic rings. The van der Waals surface area contributed by atoms with E-state index in [1.165, 1.54) is 18.2 Å². The van der Waals surface area contributed by atoms with Gasteiger partial charge in [-0.1, -0.05) is 24.9 Å². The fourth-order valence-corrected chi connectivity index (χ4v) is 1.92. The maximum absolute atomic E-state index is 14.2. The lowest BCUT2D eigenvalue weighted by Crippen LogP contribution is -2.35. The summed E-state index contributed by atoms with van der Waals surface area (Å²) in [6.07, 6.45) is 1.12. The number of hydrogen-bond donors (Lipinski definition) is 1. The molecular formula is C12H16ClF2N. The Hall–Kier alpha value is -0.670. The van der Waals surface area contributed by atoms with Gasteiger partial charge in [0.2, 0.25) is 0 Å². The zero-order valence-electron chi connectivity index (χ0n) is 9.27. The molecule has 0 saturated heterocycles.